The van der Waals surface area contributed by atoms with Gasteiger partial charge in [0.2, 0.25) is 5.91 Å². The lowest BCUT2D eigenvalue weighted by molar-refractivity contribution is -0.138. The van der Waals surface area contributed by atoms with Crippen molar-refractivity contribution in [2.24, 2.45) is 5.73 Å². The molecule has 158 valence electrons. The fourth-order valence-corrected chi connectivity index (χ4v) is 3.23. The van der Waals surface area contributed by atoms with Crippen molar-refractivity contribution in [3.05, 3.63) is 30.0 Å². The van der Waals surface area contributed by atoms with Gasteiger partial charge in [-0.05, 0) is 32.0 Å². The average Bonchev–Trinajstić information content (AvgIpc) is 2.71. The number of pyridine rings is 1. The third-order valence-electron chi connectivity index (χ3n) is 4.58. The number of amides is 2. The Kier molecular flexibility index (Phi) is 6.69. The fourth-order valence-electron chi connectivity index (χ4n) is 3.23. The van der Waals surface area contributed by atoms with E-state index in [0.717, 1.165) is 0 Å². The molecule has 2 N–H and O–H groups in total. The van der Waals surface area contributed by atoms with Crippen LogP contribution in [0.2, 0.25) is 0 Å². The van der Waals surface area contributed by atoms with Gasteiger partial charge in [0.05, 0.1) is 36.4 Å². The number of hydrogen-bond acceptors (Lipinski definition) is 7. The number of benzene rings is 1. The SMILES string of the molecule is CC(C)Oc1cc2c(OC[C@@H]3CN(C(=O)CC#N)CCO3)ccnc2cc1C(N)=O. The third-order valence-corrected chi connectivity index (χ3v) is 4.58. The van der Waals surface area contributed by atoms with E-state index in [0.29, 0.717) is 42.1 Å². The molecular weight excluding hydrogens is 388 g/mol. The van der Waals surface area contributed by atoms with Crippen LogP contribution in [-0.2, 0) is 9.53 Å². The zero-order valence-corrected chi connectivity index (χ0v) is 17.0. The Balaban J connectivity index is 1.80. The number of primary amides is 1. The molecule has 0 bridgehead atoms. The molecule has 9 heteroatoms. The minimum atomic E-state index is -0.599. The van der Waals surface area contributed by atoms with Gasteiger partial charge in [-0.25, -0.2) is 0 Å². The first-order valence-electron chi connectivity index (χ1n) is 9.67. The maximum absolute atomic E-state index is 12.0. The second-order valence-corrected chi connectivity index (χ2v) is 7.18. The molecule has 30 heavy (non-hydrogen) atoms. The van der Waals surface area contributed by atoms with Crippen LogP contribution in [0.1, 0.15) is 30.6 Å². The van der Waals surface area contributed by atoms with Gasteiger partial charge in [-0.3, -0.25) is 14.6 Å². The van der Waals surface area contributed by atoms with Gasteiger partial charge in [0.25, 0.3) is 5.91 Å². The largest absolute Gasteiger partial charge is 0.490 e. The molecule has 3 rings (SSSR count). The van der Waals surface area contributed by atoms with Crippen LogP contribution in [0.15, 0.2) is 24.4 Å². The molecule has 0 aliphatic carbocycles. The second kappa shape index (κ2) is 9.41. The molecule has 1 saturated heterocycles. The molecule has 0 radical (unpaired) electrons. The number of fused-ring (bicyclic) bond motifs is 1. The number of morpholine rings is 1. The minimum Gasteiger partial charge on any atom is -0.490 e. The summed E-state index contributed by atoms with van der Waals surface area (Å²) >= 11 is 0. The first kappa shape index (κ1) is 21.3. The Morgan fingerprint density at radius 2 is 2.20 bits per heavy atom. The maximum atomic E-state index is 12.0. The Morgan fingerprint density at radius 3 is 2.90 bits per heavy atom. The highest BCUT2D eigenvalue weighted by Gasteiger charge is 2.25. The second-order valence-electron chi connectivity index (χ2n) is 7.18. The van der Waals surface area contributed by atoms with Crippen LogP contribution >= 0.6 is 0 Å². The topological polar surface area (TPSA) is 128 Å². The normalized spacial score (nSPS) is 16.3. The number of carbonyl (C=O) groups is 2. The van der Waals surface area contributed by atoms with Crippen molar-refractivity contribution in [2.45, 2.75) is 32.5 Å². The number of nitrogens with two attached hydrogens (primary N) is 1. The van der Waals surface area contributed by atoms with Gasteiger partial charge in [-0.1, -0.05) is 0 Å². The molecule has 2 amide bonds. The van der Waals surface area contributed by atoms with Crippen molar-refractivity contribution in [2.75, 3.05) is 26.3 Å². The number of nitriles is 1. The molecule has 2 heterocycles. The molecule has 1 aromatic carbocycles. The van der Waals surface area contributed by atoms with Gasteiger partial charge in [0.1, 0.15) is 30.6 Å². The van der Waals surface area contributed by atoms with Crippen molar-refractivity contribution in [1.29, 1.82) is 5.26 Å². The standard InChI is InChI=1S/C21H24N4O5/c1-13(2)30-19-10-15-17(9-16(19)21(23)27)24-6-4-18(15)29-12-14-11-25(7-8-28-14)20(26)3-5-22/h4,6,9-10,13-14H,3,7-8,11-12H2,1-2H3,(H2,23,27)/t14-/m0/s1. The van der Waals surface area contributed by atoms with Gasteiger partial charge in [0, 0.05) is 18.1 Å². The number of aromatic nitrogens is 1. The fraction of sp³-hybridized carbons (Fsp3) is 0.429. The van der Waals surface area contributed by atoms with Crippen LogP contribution in [0.25, 0.3) is 10.9 Å². The van der Waals surface area contributed by atoms with Crippen LogP contribution in [0.3, 0.4) is 0 Å². The Morgan fingerprint density at radius 1 is 1.40 bits per heavy atom. The van der Waals surface area contributed by atoms with E-state index in [1.54, 1.807) is 29.3 Å². The average molecular weight is 412 g/mol. The summed E-state index contributed by atoms with van der Waals surface area (Å²) in [6, 6.07) is 6.87. The maximum Gasteiger partial charge on any atom is 0.252 e. The molecule has 0 saturated carbocycles. The van der Waals surface area contributed by atoms with Crippen molar-refractivity contribution >= 4 is 22.7 Å². The number of ether oxygens (including phenoxy) is 3. The van der Waals surface area contributed by atoms with Crippen molar-refractivity contribution in [1.82, 2.24) is 9.88 Å². The van der Waals surface area contributed by atoms with Gasteiger partial charge < -0.3 is 24.8 Å². The van der Waals surface area contributed by atoms with E-state index in [9.17, 15) is 9.59 Å². The molecule has 1 aliphatic heterocycles. The van der Waals surface area contributed by atoms with Crippen LogP contribution < -0.4 is 15.2 Å². The van der Waals surface area contributed by atoms with Gasteiger partial charge in [-0.2, -0.15) is 5.26 Å². The molecule has 1 aromatic heterocycles. The van der Waals surface area contributed by atoms with Crippen LogP contribution in [0.5, 0.6) is 11.5 Å². The highest BCUT2D eigenvalue weighted by Crippen LogP contribution is 2.31. The highest BCUT2D eigenvalue weighted by atomic mass is 16.5. The van der Waals surface area contributed by atoms with E-state index in [1.807, 2.05) is 19.9 Å². The predicted octanol–water partition coefficient (Wildman–Crippen LogP) is 1.64. The smallest absolute Gasteiger partial charge is 0.252 e. The summed E-state index contributed by atoms with van der Waals surface area (Å²) in [5.74, 6) is 0.103. The minimum absolute atomic E-state index is 0.144. The summed E-state index contributed by atoms with van der Waals surface area (Å²) in [6.07, 6.45) is 0.967. The quantitative estimate of drug-likeness (QED) is 0.732. The van der Waals surface area contributed by atoms with Crippen LogP contribution in [0.4, 0.5) is 0 Å². The van der Waals surface area contributed by atoms with Gasteiger partial charge >= 0.3 is 0 Å². The van der Waals surface area contributed by atoms with Crippen LogP contribution in [0, 0.1) is 11.3 Å². The summed E-state index contributed by atoms with van der Waals surface area (Å²) < 4.78 is 17.4. The van der Waals surface area contributed by atoms with E-state index in [-0.39, 0.29) is 36.7 Å². The zero-order valence-electron chi connectivity index (χ0n) is 17.0. The van der Waals surface area contributed by atoms with Crippen LogP contribution in [-0.4, -0.2) is 60.2 Å². The van der Waals surface area contributed by atoms with Gasteiger partial charge in [0.15, 0.2) is 0 Å². The summed E-state index contributed by atoms with van der Waals surface area (Å²) in [4.78, 5) is 29.7. The van der Waals surface area contributed by atoms with Crippen molar-refractivity contribution < 1.29 is 23.8 Å². The molecule has 0 unspecified atom stereocenters. The molecule has 1 atom stereocenters. The zero-order chi connectivity index (χ0) is 21.7. The molecule has 1 fully saturated rings. The Hall–Kier alpha value is -3.38. The summed E-state index contributed by atoms with van der Waals surface area (Å²) in [6.45, 7) is 5.13. The molecule has 2 aromatic rings. The molecule has 1 aliphatic rings. The lowest BCUT2D eigenvalue weighted by atomic mass is 10.1. The Labute approximate surface area is 174 Å². The first-order chi connectivity index (χ1) is 14.4. The van der Waals surface area contributed by atoms with E-state index >= 15 is 0 Å². The summed E-state index contributed by atoms with van der Waals surface area (Å²) in [5, 5.41) is 9.39. The molecular formula is C21H24N4O5. The number of carbonyl (C=O) groups excluding carboxylic acids is 2. The molecule has 0 spiro atoms. The number of hydrogen-bond donors (Lipinski definition) is 1. The van der Waals surface area contributed by atoms with E-state index in [1.165, 1.54) is 0 Å². The summed E-state index contributed by atoms with van der Waals surface area (Å²) in [5.41, 5.74) is 6.29. The van der Waals surface area contributed by atoms with E-state index in [2.05, 4.69) is 4.98 Å². The van der Waals surface area contributed by atoms with Gasteiger partial charge in [-0.15, -0.1) is 0 Å². The monoisotopic (exact) mass is 412 g/mol. The summed E-state index contributed by atoms with van der Waals surface area (Å²) in [7, 11) is 0. The molecule has 9 nitrogen and oxygen atoms in total. The predicted molar refractivity (Wildman–Crippen MR) is 108 cm³/mol. The van der Waals surface area contributed by atoms with Crippen molar-refractivity contribution in [3.63, 3.8) is 0 Å². The highest BCUT2D eigenvalue weighted by molar-refractivity contribution is 6.01. The lowest BCUT2D eigenvalue weighted by Gasteiger charge is -2.32. The lowest BCUT2D eigenvalue weighted by Crippen LogP contribution is -2.47. The third kappa shape index (κ3) is 4.96. The van der Waals surface area contributed by atoms with E-state index < -0.39 is 5.91 Å². The van der Waals surface area contributed by atoms with E-state index in [4.69, 9.17) is 25.2 Å². The number of nitrogens with zero attached hydrogens (tertiary/aromatic N) is 3. The number of rotatable bonds is 7. The van der Waals surface area contributed by atoms with Crippen molar-refractivity contribution in [3.8, 4) is 17.6 Å². The Bertz CT molecular complexity index is 985. The first-order valence-corrected chi connectivity index (χ1v) is 9.67.